The molecule has 0 aromatic carbocycles. The molecule has 0 saturated carbocycles. The zero-order valence-electron chi connectivity index (χ0n) is 6.17. The lowest BCUT2D eigenvalue weighted by Gasteiger charge is -1.91. The van der Waals surface area contributed by atoms with E-state index in [0.717, 1.165) is 25.0 Å². The fourth-order valence-electron chi connectivity index (χ4n) is 0.802. The number of unbranched alkanes of at least 4 members (excludes halogenated alkanes) is 2. The molecule has 55 valence electrons. The van der Waals surface area contributed by atoms with E-state index in [1.165, 1.54) is 0 Å². The number of hydrogen-bond acceptors (Lipinski definition) is 2. The molecule has 0 amide bonds. The minimum Gasteiger partial charge on any atom is -0.265 e. The van der Waals surface area contributed by atoms with Gasteiger partial charge in [-0.05, 0) is 19.3 Å². The summed E-state index contributed by atoms with van der Waals surface area (Å²) in [7, 11) is 0. The third-order valence-electron chi connectivity index (χ3n) is 1.36. The van der Waals surface area contributed by atoms with Crippen LogP contribution in [0.25, 0.3) is 0 Å². The first-order valence-electron chi connectivity index (χ1n) is 3.60. The number of aryl methyl sites for hydroxylation is 1. The van der Waals surface area contributed by atoms with Gasteiger partial charge >= 0.3 is 0 Å². The molecule has 1 rings (SSSR count). The zero-order chi connectivity index (χ0) is 7.23. The van der Waals surface area contributed by atoms with Gasteiger partial charge in [-0.3, -0.25) is 5.10 Å². The molecule has 1 N–H and O–H groups in total. The second-order valence-electron chi connectivity index (χ2n) is 2.20. The Balaban J connectivity index is 2.15. The standard InChI is InChI=1S/C7H12N3/c1-2-3-4-5-7-6-8-10-9-7/h3,6H,2,4-5H2,1H3,(H,8,9,10). The predicted octanol–water partition coefficient (Wildman–Crippen LogP) is 1.35. The first-order valence-corrected chi connectivity index (χ1v) is 3.60. The molecule has 1 radical (unpaired) electrons. The Morgan fingerprint density at radius 3 is 3.20 bits per heavy atom. The van der Waals surface area contributed by atoms with E-state index in [1.807, 2.05) is 6.20 Å². The third-order valence-corrected chi connectivity index (χ3v) is 1.36. The number of nitrogens with zero attached hydrogens (tertiary/aromatic N) is 2. The van der Waals surface area contributed by atoms with Crippen LogP contribution in [0.5, 0.6) is 0 Å². The van der Waals surface area contributed by atoms with Crippen molar-refractivity contribution in [2.24, 2.45) is 0 Å². The van der Waals surface area contributed by atoms with Crippen LogP contribution in [0, 0.1) is 6.42 Å². The van der Waals surface area contributed by atoms with Gasteiger partial charge in [0, 0.05) is 6.20 Å². The fourth-order valence-corrected chi connectivity index (χ4v) is 0.802. The van der Waals surface area contributed by atoms with Crippen molar-refractivity contribution in [2.75, 3.05) is 0 Å². The Morgan fingerprint density at radius 1 is 1.70 bits per heavy atom. The fraction of sp³-hybridized carbons (Fsp3) is 0.571. The number of nitrogens with one attached hydrogen (secondary N) is 1. The van der Waals surface area contributed by atoms with Crippen LogP contribution in [0.4, 0.5) is 0 Å². The lowest BCUT2D eigenvalue weighted by Crippen LogP contribution is -1.85. The van der Waals surface area contributed by atoms with Crippen molar-refractivity contribution >= 4 is 0 Å². The van der Waals surface area contributed by atoms with E-state index in [9.17, 15) is 0 Å². The van der Waals surface area contributed by atoms with Gasteiger partial charge < -0.3 is 0 Å². The molecule has 0 saturated heterocycles. The molecule has 0 unspecified atom stereocenters. The summed E-state index contributed by atoms with van der Waals surface area (Å²) in [6.07, 6.45) is 7.32. The van der Waals surface area contributed by atoms with Gasteiger partial charge in [-0.2, -0.15) is 0 Å². The summed E-state index contributed by atoms with van der Waals surface area (Å²) in [5, 5.41) is 10.2. The van der Waals surface area contributed by atoms with Crippen LogP contribution in [0.1, 0.15) is 25.5 Å². The molecule has 0 aliphatic rings. The summed E-state index contributed by atoms with van der Waals surface area (Å²) >= 11 is 0. The van der Waals surface area contributed by atoms with E-state index in [2.05, 4.69) is 28.8 Å². The van der Waals surface area contributed by atoms with E-state index >= 15 is 0 Å². The molecule has 0 atom stereocenters. The van der Waals surface area contributed by atoms with Gasteiger partial charge in [0.05, 0.1) is 5.69 Å². The average Bonchev–Trinajstić information content (AvgIpc) is 2.41. The summed E-state index contributed by atoms with van der Waals surface area (Å²) in [6.45, 7) is 2.14. The van der Waals surface area contributed by atoms with Crippen molar-refractivity contribution in [1.29, 1.82) is 0 Å². The van der Waals surface area contributed by atoms with Gasteiger partial charge in [0.25, 0.3) is 0 Å². The summed E-state index contributed by atoms with van der Waals surface area (Å²) in [6, 6.07) is 0. The van der Waals surface area contributed by atoms with Gasteiger partial charge in [0.2, 0.25) is 0 Å². The SMILES string of the molecule is CC[CH]CCc1c[nH]nn1. The second kappa shape index (κ2) is 4.04. The minimum atomic E-state index is 1.00. The predicted molar refractivity (Wildman–Crippen MR) is 39.3 cm³/mol. The van der Waals surface area contributed by atoms with Crippen LogP contribution in [-0.2, 0) is 6.42 Å². The number of rotatable bonds is 4. The average molecular weight is 138 g/mol. The number of H-pyrrole nitrogens is 1. The van der Waals surface area contributed by atoms with Crippen LogP contribution < -0.4 is 0 Å². The highest BCUT2D eigenvalue weighted by Crippen LogP contribution is 1.99. The van der Waals surface area contributed by atoms with Crippen molar-refractivity contribution in [3.05, 3.63) is 18.3 Å². The van der Waals surface area contributed by atoms with E-state index in [4.69, 9.17) is 0 Å². The van der Waals surface area contributed by atoms with E-state index in [-0.39, 0.29) is 0 Å². The molecule has 0 spiro atoms. The Hall–Kier alpha value is -0.860. The molecule has 3 heteroatoms. The van der Waals surface area contributed by atoms with Crippen LogP contribution >= 0.6 is 0 Å². The van der Waals surface area contributed by atoms with Crippen molar-refractivity contribution in [3.8, 4) is 0 Å². The molecule has 0 fully saturated rings. The van der Waals surface area contributed by atoms with Gasteiger partial charge in [0.15, 0.2) is 0 Å². The Kier molecular flexibility index (Phi) is 2.93. The van der Waals surface area contributed by atoms with Gasteiger partial charge in [-0.25, -0.2) is 0 Å². The van der Waals surface area contributed by atoms with Crippen LogP contribution in [-0.4, -0.2) is 15.4 Å². The third kappa shape index (κ3) is 2.17. The molecule has 1 heterocycles. The number of hydrogen-bond donors (Lipinski definition) is 1. The van der Waals surface area contributed by atoms with Crippen LogP contribution in [0.3, 0.4) is 0 Å². The van der Waals surface area contributed by atoms with Crippen molar-refractivity contribution < 1.29 is 0 Å². The number of aromatic nitrogens is 3. The summed E-state index contributed by atoms with van der Waals surface area (Å²) in [4.78, 5) is 0. The van der Waals surface area contributed by atoms with E-state index in [0.29, 0.717) is 0 Å². The minimum absolute atomic E-state index is 1.00. The molecule has 10 heavy (non-hydrogen) atoms. The molecule has 3 nitrogen and oxygen atoms in total. The Bertz CT molecular complexity index is 157. The quantitative estimate of drug-likeness (QED) is 0.638. The molecule has 1 aromatic heterocycles. The topological polar surface area (TPSA) is 41.6 Å². The maximum absolute atomic E-state index is 3.86. The first kappa shape index (κ1) is 7.25. The Morgan fingerprint density at radius 2 is 2.60 bits per heavy atom. The van der Waals surface area contributed by atoms with Gasteiger partial charge in [-0.1, -0.05) is 18.6 Å². The normalized spacial score (nSPS) is 10.1. The van der Waals surface area contributed by atoms with Gasteiger partial charge in [0.1, 0.15) is 0 Å². The summed E-state index contributed by atoms with van der Waals surface area (Å²) in [5.41, 5.74) is 1.05. The monoisotopic (exact) mass is 138 g/mol. The van der Waals surface area contributed by atoms with Crippen molar-refractivity contribution in [2.45, 2.75) is 26.2 Å². The first-order chi connectivity index (χ1) is 4.93. The highest BCUT2D eigenvalue weighted by molar-refractivity contribution is 4.91. The van der Waals surface area contributed by atoms with E-state index in [1.54, 1.807) is 0 Å². The van der Waals surface area contributed by atoms with Gasteiger partial charge in [-0.15, -0.1) is 5.10 Å². The van der Waals surface area contributed by atoms with Crippen molar-refractivity contribution in [1.82, 2.24) is 15.4 Å². The van der Waals surface area contributed by atoms with Crippen LogP contribution in [0.2, 0.25) is 0 Å². The maximum Gasteiger partial charge on any atom is 0.0824 e. The molecule has 1 aromatic rings. The molecular weight excluding hydrogens is 126 g/mol. The van der Waals surface area contributed by atoms with E-state index < -0.39 is 0 Å². The lowest BCUT2D eigenvalue weighted by molar-refractivity contribution is 0.835. The second-order valence-corrected chi connectivity index (χ2v) is 2.20. The molecule has 0 aliphatic heterocycles. The lowest BCUT2D eigenvalue weighted by atomic mass is 10.2. The summed E-state index contributed by atoms with van der Waals surface area (Å²) in [5.74, 6) is 0. The Labute approximate surface area is 60.8 Å². The van der Waals surface area contributed by atoms with Crippen LogP contribution in [0.15, 0.2) is 6.20 Å². The smallest absolute Gasteiger partial charge is 0.0824 e. The van der Waals surface area contributed by atoms with Crippen molar-refractivity contribution in [3.63, 3.8) is 0 Å². The number of aromatic amines is 1. The largest absolute Gasteiger partial charge is 0.265 e. The molecular formula is C7H12N3. The highest BCUT2D eigenvalue weighted by atomic mass is 15.3. The summed E-state index contributed by atoms with van der Waals surface area (Å²) < 4.78 is 0. The molecule has 0 aliphatic carbocycles. The molecule has 0 bridgehead atoms. The maximum atomic E-state index is 3.86. The zero-order valence-corrected chi connectivity index (χ0v) is 6.17. The highest BCUT2D eigenvalue weighted by Gasteiger charge is 1.93.